The smallest absolute Gasteiger partial charge is 0.161 e. The van der Waals surface area contributed by atoms with E-state index in [9.17, 15) is 5.11 Å². The van der Waals surface area contributed by atoms with Crippen LogP contribution in [-0.2, 0) is 11.3 Å². The molecule has 1 atom stereocenters. The van der Waals surface area contributed by atoms with Gasteiger partial charge in [0.05, 0.1) is 20.3 Å². The van der Waals surface area contributed by atoms with Crippen LogP contribution < -0.4 is 14.4 Å². The van der Waals surface area contributed by atoms with Crippen LogP contribution in [0.15, 0.2) is 48.5 Å². The van der Waals surface area contributed by atoms with Crippen molar-refractivity contribution in [3.63, 3.8) is 0 Å². The van der Waals surface area contributed by atoms with Gasteiger partial charge in [-0.2, -0.15) is 0 Å². The maximum Gasteiger partial charge on any atom is 0.161 e. The predicted octanol–water partition coefficient (Wildman–Crippen LogP) is 2.09. The van der Waals surface area contributed by atoms with Crippen molar-refractivity contribution in [1.82, 2.24) is 9.80 Å². The number of para-hydroxylation sites is 1. The van der Waals surface area contributed by atoms with Crippen LogP contribution in [0.5, 0.6) is 11.5 Å². The maximum atomic E-state index is 10.3. The summed E-state index contributed by atoms with van der Waals surface area (Å²) in [5, 5.41) is 10.3. The summed E-state index contributed by atoms with van der Waals surface area (Å²) >= 11 is 0. The van der Waals surface area contributed by atoms with Crippen LogP contribution >= 0.6 is 0 Å². The summed E-state index contributed by atoms with van der Waals surface area (Å²) in [6.07, 6.45) is -0.543. The zero-order valence-corrected chi connectivity index (χ0v) is 19.0. The highest BCUT2D eigenvalue weighted by molar-refractivity contribution is 5.46. The van der Waals surface area contributed by atoms with Gasteiger partial charge in [0.25, 0.3) is 0 Å². The van der Waals surface area contributed by atoms with Crippen LogP contribution in [0.2, 0.25) is 0 Å². The maximum absolute atomic E-state index is 10.3. The van der Waals surface area contributed by atoms with E-state index in [0.717, 1.165) is 59.0 Å². The number of aliphatic hydroxyl groups is 1. The lowest BCUT2D eigenvalue weighted by molar-refractivity contribution is 0.00445. The lowest BCUT2D eigenvalue weighted by Crippen LogP contribution is -2.45. The number of piperazine rings is 1. The van der Waals surface area contributed by atoms with Gasteiger partial charge in [0.1, 0.15) is 12.7 Å². The molecule has 2 aliphatic rings. The second kappa shape index (κ2) is 11.5. The Morgan fingerprint density at radius 3 is 2.38 bits per heavy atom. The number of anilines is 1. The van der Waals surface area contributed by atoms with Gasteiger partial charge in [0.2, 0.25) is 0 Å². The largest absolute Gasteiger partial charge is 0.493 e. The van der Waals surface area contributed by atoms with E-state index in [1.165, 1.54) is 11.3 Å². The molecule has 0 spiro atoms. The first-order valence-electron chi connectivity index (χ1n) is 11.5. The second-order valence-electron chi connectivity index (χ2n) is 8.46. The number of hydrogen-bond acceptors (Lipinski definition) is 7. The molecule has 2 aromatic carbocycles. The normalized spacial score (nSPS) is 19.0. The number of hydrogen-bond donors (Lipinski definition) is 1. The van der Waals surface area contributed by atoms with Crippen molar-refractivity contribution in [3.05, 3.63) is 54.1 Å². The molecule has 174 valence electrons. The molecule has 0 amide bonds. The van der Waals surface area contributed by atoms with Gasteiger partial charge in [0.15, 0.2) is 11.5 Å². The number of benzene rings is 2. The molecule has 0 unspecified atom stereocenters. The Bertz CT molecular complexity index is 821. The number of rotatable bonds is 9. The van der Waals surface area contributed by atoms with Crippen molar-refractivity contribution in [3.8, 4) is 11.5 Å². The fourth-order valence-corrected chi connectivity index (χ4v) is 4.31. The van der Waals surface area contributed by atoms with Crippen LogP contribution in [0.25, 0.3) is 0 Å². The van der Waals surface area contributed by atoms with Crippen LogP contribution in [0.1, 0.15) is 5.56 Å². The predicted molar refractivity (Wildman–Crippen MR) is 126 cm³/mol. The highest BCUT2D eigenvalue weighted by atomic mass is 16.5. The van der Waals surface area contributed by atoms with E-state index in [1.807, 2.05) is 12.1 Å². The highest BCUT2D eigenvalue weighted by Gasteiger charge is 2.19. The van der Waals surface area contributed by atoms with Crippen LogP contribution in [0.3, 0.4) is 0 Å². The molecule has 2 heterocycles. The lowest BCUT2D eigenvalue weighted by Gasteiger charge is -2.36. The average Bonchev–Trinajstić information content (AvgIpc) is 2.85. The molecular formula is C25H35N3O4. The van der Waals surface area contributed by atoms with E-state index in [4.69, 9.17) is 14.2 Å². The van der Waals surface area contributed by atoms with E-state index < -0.39 is 6.10 Å². The number of ether oxygens (including phenoxy) is 3. The highest BCUT2D eigenvalue weighted by Crippen LogP contribution is 2.29. The van der Waals surface area contributed by atoms with Gasteiger partial charge < -0.3 is 24.2 Å². The van der Waals surface area contributed by atoms with Gasteiger partial charge in [-0.1, -0.05) is 24.3 Å². The Balaban J connectivity index is 1.26. The third-order valence-corrected chi connectivity index (χ3v) is 6.13. The zero-order chi connectivity index (χ0) is 22.2. The first-order chi connectivity index (χ1) is 15.7. The second-order valence-corrected chi connectivity index (χ2v) is 8.46. The van der Waals surface area contributed by atoms with Crippen molar-refractivity contribution in [2.75, 3.05) is 77.6 Å². The minimum Gasteiger partial charge on any atom is -0.493 e. The third-order valence-electron chi connectivity index (χ3n) is 6.13. The number of β-amino-alcohol motifs (C(OH)–C–C–N with tert-alkyl or cyclic N) is 1. The Morgan fingerprint density at radius 2 is 1.66 bits per heavy atom. The molecule has 2 fully saturated rings. The minimum absolute atomic E-state index is 0.245. The molecule has 0 radical (unpaired) electrons. The number of methoxy groups -OCH3 is 1. The summed E-state index contributed by atoms with van der Waals surface area (Å²) < 4.78 is 16.8. The van der Waals surface area contributed by atoms with Crippen molar-refractivity contribution in [1.29, 1.82) is 0 Å². The fourth-order valence-electron chi connectivity index (χ4n) is 4.31. The van der Waals surface area contributed by atoms with E-state index in [-0.39, 0.29) is 6.61 Å². The Morgan fingerprint density at radius 1 is 0.906 bits per heavy atom. The van der Waals surface area contributed by atoms with Crippen LogP contribution in [0, 0.1) is 0 Å². The third kappa shape index (κ3) is 6.36. The summed E-state index contributed by atoms with van der Waals surface area (Å²) in [5.41, 5.74) is 2.50. The number of morpholine rings is 1. The summed E-state index contributed by atoms with van der Waals surface area (Å²) in [4.78, 5) is 7.12. The van der Waals surface area contributed by atoms with Crippen LogP contribution in [-0.4, -0.2) is 93.8 Å². The molecule has 32 heavy (non-hydrogen) atoms. The average molecular weight is 442 g/mol. The van der Waals surface area contributed by atoms with Gasteiger partial charge >= 0.3 is 0 Å². The van der Waals surface area contributed by atoms with Crippen molar-refractivity contribution in [2.24, 2.45) is 0 Å². The fraction of sp³-hybridized carbons (Fsp3) is 0.520. The van der Waals surface area contributed by atoms with Crippen molar-refractivity contribution >= 4 is 5.69 Å². The van der Waals surface area contributed by atoms with Gasteiger partial charge in [-0.05, 0) is 29.8 Å². The topological polar surface area (TPSA) is 57.6 Å². The Hall–Kier alpha value is -2.32. The van der Waals surface area contributed by atoms with Gasteiger partial charge in [-0.3, -0.25) is 9.80 Å². The Kier molecular flexibility index (Phi) is 8.23. The van der Waals surface area contributed by atoms with E-state index in [1.54, 1.807) is 7.11 Å². The number of nitrogens with zero attached hydrogens (tertiary/aromatic N) is 3. The van der Waals surface area contributed by atoms with Crippen LogP contribution in [0.4, 0.5) is 5.69 Å². The quantitative estimate of drug-likeness (QED) is 0.640. The van der Waals surface area contributed by atoms with Gasteiger partial charge in [-0.25, -0.2) is 0 Å². The SMILES string of the molecule is COc1cc(CN2CCN(c3ccccc3)CC2)ccc1OC[C@H](O)CN1CCOCC1. The summed E-state index contributed by atoms with van der Waals surface area (Å²) in [6, 6.07) is 16.7. The molecule has 4 rings (SSSR count). The molecular weight excluding hydrogens is 406 g/mol. The standard InChI is InChI=1S/C25H35N3O4/c1-30-25-17-21(18-26-9-11-28(12-10-26)22-5-3-2-4-6-22)7-8-24(25)32-20-23(29)19-27-13-15-31-16-14-27/h2-8,17,23,29H,9-16,18-20H2,1H3/t23-/m1/s1. The molecule has 2 aromatic rings. The molecule has 0 saturated carbocycles. The van der Waals surface area contributed by atoms with Gasteiger partial charge in [-0.15, -0.1) is 0 Å². The van der Waals surface area contributed by atoms with Gasteiger partial charge in [0, 0.05) is 58.0 Å². The molecule has 0 aromatic heterocycles. The van der Waals surface area contributed by atoms with E-state index in [0.29, 0.717) is 18.0 Å². The van der Waals surface area contributed by atoms with E-state index >= 15 is 0 Å². The Labute approximate surface area is 191 Å². The molecule has 2 aliphatic heterocycles. The first-order valence-corrected chi connectivity index (χ1v) is 11.5. The monoisotopic (exact) mass is 441 g/mol. The first kappa shape index (κ1) is 22.9. The van der Waals surface area contributed by atoms with E-state index in [2.05, 4.69) is 51.1 Å². The zero-order valence-electron chi connectivity index (χ0n) is 19.0. The molecule has 0 aliphatic carbocycles. The molecule has 7 heteroatoms. The summed E-state index contributed by atoms with van der Waals surface area (Å²) in [6.45, 7) is 9.02. The summed E-state index contributed by atoms with van der Waals surface area (Å²) in [7, 11) is 1.66. The molecule has 1 N–H and O–H groups in total. The minimum atomic E-state index is -0.543. The lowest BCUT2D eigenvalue weighted by atomic mass is 10.1. The molecule has 0 bridgehead atoms. The van der Waals surface area contributed by atoms with Crippen molar-refractivity contribution < 1.29 is 19.3 Å². The van der Waals surface area contributed by atoms with Crippen molar-refractivity contribution in [2.45, 2.75) is 12.6 Å². The number of aliphatic hydroxyl groups excluding tert-OH is 1. The summed E-state index contributed by atoms with van der Waals surface area (Å²) in [5.74, 6) is 1.38. The molecule has 7 nitrogen and oxygen atoms in total. The molecule has 2 saturated heterocycles.